The smallest absolute Gasteiger partial charge is 0.336 e. The molecule has 4 aromatic rings. The fraction of sp³-hybridized carbons (Fsp3) is 0.192. The average molecular weight is 461 g/mol. The number of carbonyl (C=O) groups is 1. The Morgan fingerprint density at radius 3 is 2.53 bits per heavy atom. The highest BCUT2D eigenvalue weighted by atomic mass is 19.1. The van der Waals surface area contributed by atoms with Crippen LogP contribution in [0.4, 0.5) is 10.1 Å². The number of benzene rings is 3. The lowest BCUT2D eigenvalue weighted by Gasteiger charge is -2.10. The molecule has 0 bridgehead atoms. The van der Waals surface area contributed by atoms with Gasteiger partial charge in [0.25, 0.3) is 5.91 Å². The van der Waals surface area contributed by atoms with E-state index >= 15 is 0 Å². The first-order chi connectivity index (χ1) is 16.4. The van der Waals surface area contributed by atoms with Crippen molar-refractivity contribution in [2.75, 3.05) is 19.0 Å². The van der Waals surface area contributed by atoms with Crippen molar-refractivity contribution in [2.24, 2.45) is 5.92 Å². The summed E-state index contributed by atoms with van der Waals surface area (Å²) in [5.74, 6) is 0.489. The minimum atomic E-state index is -0.582. The first-order valence-electron chi connectivity index (χ1n) is 10.8. The van der Waals surface area contributed by atoms with Gasteiger partial charge in [-0.3, -0.25) is 4.79 Å². The molecule has 0 aliphatic carbocycles. The zero-order chi connectivity index (χ0) is 24.1. The van der Waals surface area contributed by atoms with Crippen LogP contribution in [0.25, 0.3) is 17.1 Å². The quantitative estimate of drug-likeness (QED) is 0.383. The summed E-state index contributed by atoms with van der Waals surface area (Å²) in [5, 5.41) is 7.29. The number of anilines is 1. The second kappa shape index (κ2) is 10.2. The van der Waals surface area contributed by atoms with Crippen LogP contribution in [0.15, 0.2) is 72.8 Å². The molecule has 0 saturated heterocycles. The van der Waals surface area contributed by atoms with E-state index in [0.29, 0.717) is 29.7 Å². The van der Waals surface area contributed by atoms with Crippen LogP contribution in [0.3, 0.4) is 0 Å². The number of nitrogens with one attached hydrogen (secondary N) is 1. The van der Waals surface area contributed by atoms with Gasteiger partial charge in [-0.2, -0.15) is 4.98 Å². The van der Waals surface area contributed by atoms with Crippen molar-refractivity contribution in [1.82, 2.24) is 14.8 Å². The Labute approximate surface area is 197 Å². The number of halogens is 1. The molecular formula is C26H25FN4O3. The second-order valence-corrected chi connectivity index (χ2v) is 8.05. The topological polar surface area (TPSA) is 78.3 Å². The SMILES string of the molecule is COc1ccc(-c2nc(OCC(C)C)nn2-c2cccc(NC(=O)c3ccccc3F)c2)cc1. The number of carbonyl (C=O) groups excluding carboxylic acids is 1. The monoisotopic (exact) mass is 460 g/mol. The fourth-order valence-corrected chi connectivity index (χ4v) is 3.26. The minimum Gasteiger partial charge on any atom is -0.497 e. The van der Waals surface area contributed by atoms with E-state index in [2.05, 4.69) is 15.4 Å². The molecule has 0 atom stereocenters. The number of aromatic nitrogens is 3. The van der Waals surface area contributed by atoms with E-state index in [1.54, 1.807) is 36.1 Å². The van der Waals surface area contributed by atoms with E-state index in [9.17, 15) is 9.18 Å². The first kappa shape index (κ1) is 23.0. The number of hydrogen-bond donors (Lipinski definition) is 1. The molecule has 34 heavy (non-hydrogen) atoms. The predicted octanol–water partition coefficient (Wildman–Crippen LogP) is 5.37. The fourth-order valence-electron chi connectivity index (χ4n) is 3.26. The van der Waals surface area contributed by atoms with Gasteiger partial charge in [0.1, 0.15) is 11.6 Å². The van der Waals surface area contributed by atoms with E-state index in [1.165, 1.54) is 18.2 Å². The average Bonchev–Trinajstić information content (AvgIpc) is 3.27. The molecule has 0 unspecified atom stereocenters. The van der Waals surface area contributed by atoms with Crippen LogP contribution in [0.1, 0.15) is 24.2 Å². The summed E-state index contributed by atoms with van der Waals surface area (Å²) >= 11 is 0. The molecule has 0 saturated carbocycles. The molecule has 8 heteroatoms. The number of methoxy groups -OCH3 is 1. The number of hydrogen-bond acceptors (Lipinski definition) is 5. The van der Waals surface area contributed by atoms with Gasteiger partial charge in [-0.15, -0.1) is 5.10 Å². The van der Waals surface area contributed by atoms with Crippen LogP contribution in [0, 0.1) is 11.7 Å². The third-order valence-corrected chi connectivity index (χ3v) is 4.95. The molecule has 1 amide bonds. The number of amides is 1. The van der Waals surface area contributed by atoms with Crippen molar-refractivity contribution in [1.29, 1.82) is 0 Å². The highest BCUT2D eigenvalue weighted by molar-refractivity contribution is 6.04. The van der Waals surface area contributed by atoms with E-state index in [0.717, 1.165) is 11.3 Å². The Kier molecular flexibility index (Phi) is 6.87. The molecule has 0 radical (unpaired) electrons. The Hall–Kier alpha value is -4.20. The Morgan fingerprint density at radius 1 is 1.06 bits per heavy atom. The van der Waals surface area contributed by atoms with Crippen LogP contribution in [-0.2, 0) is 0 Å². The van der Waals surface area contributed by atoms with Gasteiger partial charge in [-0.1, -0.05) is 32.0 Å². The maximum Gasteiger partial charge on any atom is 0.336 e. The van der Waals surface area contributed by atoms with Gasteiger partial charge in [0.2, 0.25) is 0 Å². The van der Waals surface area contributed by atoms with E-state index < -0.39 is 11.7 Å². The van der Waals surface area contributed by atoms with Gasteiger partial charge in [-0.25, -0.2) is 9.07 Å². The molecule has 1 aromatic heterocycles. The molecule has 4 rings (SSSR count). The maximum atomic E-state index is 14.0. The van der Waals surface area contributed by atoms with Gasteiger partial charge in [-0.05, 0) is 60.5 Å². The highest BCUT2D eigenvalue weighted by Gasteiger charge is 2.17. The largest absolute Gasteiger partial charge is 0.497 e. The molecule has 0 aliphatic rings. The van der Waals surface area contributed by atoms with E-state index in [1.807, 2.05) is 44.2 Å². The van der Waals surface area contributed by atoms with Crippen LogP contribution >= 0.6 is 0 Å². The number of rotatable bonds is 8. The van der Waals surface area contributed by atoms with Crippen molar-refractivity contribution in [3.05, 3.63) is 84.2 Å². The van der Waals surface area contributed by atoms with Crippen LogP contribution < -0.4 is 14.8 Å². The molecule has 1 N–H and O–H groups in total. The molecule has 3 aromatic carbocycles. The Morgan fingerprint density at radius 2 is 1.82 bits per heavy atom. The second-order valence-electron chi connectivity index (χ2n) is 8.05. The van der Waals surface area contributed by atoms with Crippen molar-refractivity contribution >= 4 is 11.6 Å². The Balaban J connectivity index is 1.68. The van der Waals surface area contributed by atoms with E-state index in [-0.39, 0.29) is 11.6 Å². The molecule has 174 valence electrons. The first-order valence-corrected chi connectivity index (χ1v) is 10.8. The Bertz CT molecular complexity index is 1290. The summed E-state index contributed by atoms with van der Waals surface area (Å²) in [4.78, 5) is 17.2. The lowest BCUT2D eigenvalue weighted by molar-refractivity contribution is 0.102. The van der Waals surface area contributed by atoms with Crippen molar-refractivity contribution < 1.29 is 18.7 Å². The zero-order valence-electron chi connectivity index (χ0n) is 19.2. The summed E-state index contributed by atoms with van der Waals surface area (Å²) in [6.45, 7) is 4.57. The molecule has 7 nitrogen and oxygen atoms in total. The lowest BCUT2D eigenvalue weighted by atomic mass is 10.2. The van der Waals surface area contributed by atoms with Crippen LogP contribution in [0.2, 0.25) is 0 Å². The summed E-state index contributed by atoms with van der Waals surface area (Å²) in [6.07, 6.45) is 0. The summed E-state index contributed by atoms with van der Waals surface area (Å²) < 4.78 is 26.7. The molecule has 0 fully saturated rings. The summed E-state index contributed by atoms with van der Waals surface area (Å²) in [6, 6.07) is 20.6. The normalized spacial score (nSPS) is 10.9. The molecule has 1 heterocycles. The molecule has 0 aliphatic heterocycles. The summed E-state index contributed by atoms with van der Waals surface area (Å²) in [5.41, 5.74) is 1.93. The summed E-state index contributed by atoms with van der Waals surface area (Å²) in [7, 11) is 1.61. The third-order valence-electron chi connectivity index (χ3n) is 4.95. The van der Waals surface area contributed by atoms with Crippen molar-refractivity contribution in [3.8, 4) is 28.8 Å². The van der Waals surface area contributed by atoms with Gasteiger partial charge in [0.15, 0.2) is 5.82 Å². The van der Waals surface area contributed by atoms with Gasteiger partial charge in [0, 0.05) is 11.3 Å². The van der Waals surface area contributed by atoms with Crippen molar-refractivity contribution in [2.45, 2.75) is 13.8 Å². The van der Waals surface area contributed by atoms with Crippen molar-refractivity contribution in [3.63, 3.8) is 0 Å². The molecular weight excluding hydrogens is 435 g/mol. The van der Waals surface area contributed by atoms with E-state index in [4.69, 9.17) is 9.47 Å². The minimum absolute atomic E-state index is 0.0306. The standard InChI is InChI=1S/C26H25FN4O3/c1-17(2)16-34-26-29-24(18-11-13-21(33-3)14-12-18)31(30-26)20-8-6-7-19(15-20)28-25(32)22-9-4-5-10-23(22)27/h4-15,17H,16H2,1-3H3,(H,28,32). The van der Waals surface area contributed by atoms with Gasteiger partial charge in [0.05, 0.1) is 25.0 Å². The lowest BCUT2D eigenvalue weighted by Crippen LogP contribution is -2.14. The van der Waals surface area contributed by atoms with Gasteiger partial charge >= 0.3 is 6.01 Å². The molecule has 0 spiro atoms. The predicted molar refractivity (Wildman–Crippen MR) is 128 cm³/mol. The maximum absolute atomic E-state index is 14.0. The van der Waals surface area contributed by atoms with Gasteiger partial charge < -0.3 is 14.8 Å². The highest BCUT2D eigenvalue weighted by Crippen LogP contribution is 2.27. The van der Waals surface area contributed by atoms with Crippen LogP contribution in [0.5, 0.6) is 11.8 Å². The van der Waals surface area contributed by atoms with Crippen LogP contribution in [-0.4, -0.2) is 34.4 Å². The number of ether oxygens (including phenoxy) is 2. The number of nitrogens with zero attached hydrogens (tertiary/aromatic N) is 3. The zero-order valence-corrected chi connectivity index (χ0v) is 19.2. The third kappa shape index (κ3) is 5.23.